The van der Waals surface area contributed by atoms with E-state index in [2.05, 4.69) is 41.4 Å². The van der Waals surface area contributed by atoms with E-state index in [4.69, 9.17) is 5.11 Å². The molecule has 0 aromatic heterocycles. The number of para-hydroxylation sites is 1. The molecule has 2 N–H and O–H groups in total. The van der Waals surface area contributed by atoms with Gasteiger partial charge in [-0.25, -0.2) is 4.79 Å². The standard InChI is InChI=1S/C20H27N3O2/c1-4-23(18-8-6-5-7-9-18)19-12-10-17(11-13-19)14-21-20(25)22(3)16(2)15-24/h5-13,16,24H,4,14-15H2,1-3H3,(H,21,25). The summed E-state index contributed by atoms with van der Waals surface area (Å²) < 4.78 is 0. The van der Waals surface area contributed by atoms with Gasteiger partial charge in [0.15, 0.2) is 0 Å². The predicted octanol–water partition coefficient (Wildman–Crippen LogP) is 3.37. The Morgan fingerprint density at radius 1 is 1.08 bits per heavy atom. The number of aliphatic hydroxyl groups excluding tert-OH is 1. The molecule has 25 heavy (non-hydrogen) atoms. The summed E-state index contributed by atoms with van der Waals surface area (Å²) in [7, 11) is 1.68. The normalized spacial score (nSPS) is 11.7. The molecule has 0 radical (unpaired) electrons. The van der Waals surface area contributed by atoms with Crippen LogP contribution in [0.25, 0.3) is 0 Å². The zero-order valence-corrected chi connectivity index (χ0v) is 15.1. The lowest BCUT2D eigenvalue weighted by Gasteiger charge is -2.24. The van der Waals surface area contributed by atoms with Gasteiger partial charge >= 0.3 is 6.03 Å². The molecule has 0 saturated heterocycles. The quantitative estimate of drug-likeness (QED) is 0.812. The molecule has 0 aliphatic carbocycles. The number of likely N-dealkylation sites (N-methyl/N-ethyl adjacent to an activating group) is 1. The van der Waals surface area contributed by atoms with Gasteiger partial charge in [-0.05, 0) is 43.7 Å². The van der Waals surface area contributed by atoms with Crippen LogP contribution in [0.4, 0.5) is 16.2 Å². The van der Waals surface area contributed by atoms with Crippen LogP contribution < -0.4 is 10.2 Å². The fourth-order valence-corrected chi connectivity index (χ4v) is 2.54. The molecule has 2 rings (SSSR count). The maximum absolute atomic E-state index is 12.0. The van der Waals surface area contributed by atoms with Crippen molar-refractivity contribution in [3.8, 4) is 0 Å². The van der Waals surface area contributed by atoms with Gasteiger partial charge in [0, 0.05) is 31.5 Å². The van der Waals surface area contributed by atoms with Crippen molar-refractivity contribution in [1.82, 2.24) is 10.2 Å². The third-order valence-electron chi connectivity index (χ3n) is 4.32. The minimum atomic E-state index is -0.202. The highest BCUT2D eigenvalue weighted by molar-refractivity contribution is 5.74. The lowest BCUT2D eigenvalue weighted by molar-refractivity contribution is 0.157. The molecule has 2 aromatic rings. The highest BCUT2D eigenvalue weighted by Crippen LogP contribution is 2.24. The number of carbonyl (C=O) groups excluding carboxylic acids is 1. The average Bonchev–Trinajstić information content (AvgIpc) is 2.67. The Balaban J connectivity index is 1.99. The molecular weight excluding hydrogens is 314 g/mol. The van der Waals surface area contributed by atoms with E-state index in [1.165, 1.54) is 4.90 Å². The first-order chi connectivity index (χ1) is 12.1. The zero-order valence-electron chi connectivity index (χ0n) is 15.1. The lowest BCUT2D eigenvalue weighted by atomic mass is 10.1. The number of aliphatic hydroxyl groups is 1. The molecule has 5 heteroatoms. The van der Waals surface area contributed by atoms with Gasteiger partial charge in [0.2, 0.25) is 0 Å². The summed E-state index contributed by atoms with van der Waals surface area (Å²) in [6, 6.07) is 18.1. The minimum Gasteiger partial charge on any atom is -0.394 e. The summed E-state index contributed by atoms with van der Waals surface area (Å²) in [6.07, 6.45) is 0. The van der Waals surface area contributed by atoms with Gasteiger partial charge in [-0.1, -0.05) is 30.3 Å². The molecule has 1 atom stereocenters. The third kappa shape index (κ3) is 4.97. The Kier molecular flexibility index (Phi) is 6.83. The van der Waals surface area contributed by atoms with Crippen LogP contribution in [-0.2, 0) is 6.54 Å². The van der Waals surface area contributed by atoms with Crippen LogP contribution >= 0.6 is 0 Å². The van der Waals surface area contributed by atoms with Crippen molar-refractivity contribution in [1.29, 1.82) is 0 Å². The molecular formula is C20H27N3O2. The fourth-order valence-electron chi connectivity index (χ4n) is 2.54. The van der Waals surface area contributed by atoms with Gasteiger partial charge in [-0.15, -0.1) is 0 Å². The number of hydrogen-bond donors (Lipinski definition) is 2. The summed E-state index contributed by atoms with van der Waals surface area (Å²) in [5.74, 6) is 0. The van der Waals surface area contributed by atoms with Crippen LogP contribution in [0.3, 0.4) is 0 Å². The molecule has 0 spiro atoms. The molecule has 0 heterocycles. The number of nitrogens with zero attached hydrogens (tertiary/aromatic N) is 2. The minimum absolute atomic E-state index is 0.0506. The van der Waals surface area contributed by atoms with E-state index in [1.807, 2.05) is 30.3 Å². The maximum atomic E-state index is 12.0. The summed E-state index contributed by atoms with van der Waals surface area (Å²) in [6.45, 7) is 5.21. The van der Waals surface area contributed by atoms with Crippen molar-refractivity contribution >= 4 is 17.4 Å². The molecule has 5 nitrogen and oxygen atoms in total. The molecule has 2 amide bonds. The van der Waals surface area contributed by atoms with Crippen LogP contribution in [0.1, 0.15) is 19.4 Å². The molecule has 134 valence electrons. The molecule has 0 aliphatic rings. The second-order valence-electron chi connectivity index (χ2n) is 6.05. The third-order valence-corrected chi connectivity index (χ3v) is 4.32. The van der Waals surface area contributed by atoms with E-state index in [9.17, 15) is 4.79 Å². The topological polar surface area (TPSA) is 55.8 Å². The molecule has 2 aromatic carbocycles. The first-order valence-electron chi connectivity index (χ1n) is 8.59. The lowest BCUT2D eigenvalue weighted by Crippen LogP contribution is -2.43. The first-order valence-corrected chi connectivity index (χ1v) is 8.59. The highest BCUT2D eigenvalue weighted by Gasteiger charge is 2.14. The van der Waals surface area contributed by atoms with Gasteiger partial charge < -0.3 is 20.2 Å². The molecule has 0 saturated carbocycles. The number of anilines is 2. The number of urea groups is 1. The summed E-state index contributed by atoms with van der Waals surface area (Å²) in [5, 5.41) is 12.0. The SMILES string of the molecule is CCN(c1ccccc1)c1ccc(CNC(=O)N(C)C(C)CO)cc1. The number of rotatable bonds is 7. The number of benzene rings is 2. The second kappa shape index (κ2) is 9.08. The van der Waals surface area contributed by atoms with Crippen molar-refractivity contribution in [2.75, 3.05) is 25.1 Å². The largest absolute Gasteiger partial charge is 0.394 e. The number of amides is 2. The van der Waals surface area contributed by atoms with Gasteiger partial charge in [-0.2, -0.15) is 0 Å². The Bertz CT molecular complexity index is 658. The molecule has 0 aliphatic heterocycles. The number of hydrogen-bond acceptors (Lipinski definition) is 3. The van der Waals surface area contributed by atoms with E-state index in [1.54, 1.807) is 14.0 Å². The van der Waals surface area contributed by atoms with Gasteiger partial charge in [0.05, 0.1) is 12.6 Å². The van der Waals surface area contributed by atoms with Crippen molar-refractivity contribution < 1.29 is 9.90 Å². The van der Waals surface area contributed by atoms with E-state index in [0.29, 0.717) is 6.54 Å². The monoisotopic (exact) mass is 341 g/mol. The summed E-state index contributed by atoms with van der Waals surface area (Å²) in [5.41, 5.74) is 3.31. The Morgan fingerprint density at radius 2 is 1.68 bits per heavy atom. The Morgan fingerprint density at radius 3 is 2.24 bits per heavy atom. The molecule has 0 fully saturated rings. The van der Waals surface area contributed by atoms with Crippen LogP contribution in [0.5, 0.6) is 0 Å². The smallest absolute Gasteiger partial charge is 0.317 e. The fraction of sp³-hybridized carbons (Fsp3) is 0.350. The molecule has 1 unspecified atom stereocenters. The predicted molar refractivity (Wildman–Crippen MR) is 102 cm³/mol. The van der Waals surface area contributed by atoms with Crippen LogP contribution in [-0.4, -0.2) is 42.3 Å². The number of nitrogens with one attached hydrogen (secondary N) is 1. The van der Waals surface area contributed by atoms with Crippen LogP contribution in [0, 0.1) is 0 Å². The van der Waals surface area contributed by atoms with Gasteiger partial charge in [-0.3, -0.25) is 0 Å². The highest BCUT2D eigenvalue weighted by atomic mass is 16.3. The van der Waals surface area contributed by atoms with Crippen molar-refractivity contribution in [2.45, 2.75) is 26.4 Å². The van der Waals surface area contributed by atoms with Crippen molar-refractivity contribution in [3.63, 3.8) is 0 Å². The number of carbonyl (C=O) groups is 1. The summed E-state index contributed by atoms with van der Waals surface area (Å²) >= 11 is 0. The Hall–Kier alpha value is -2.53. The van der Waals surface area contributed by atoms with E-state index < -0.39 is 0 Å². The zero-order chi connectivity index (χ0) is 18.2. The Labute approximate surface area is 149 Å². The summed E-state index contributed by atoms with van der Waals surface area (Å²) in [4.78, 5) is 15.8. The van der Waals surface area contributed by atoms with Crippen LogP contribution in [0.2, 0.25) is 0 Å². The molecule has 0 bridgehead atoms. The average molecular weight is 341 g/mol. The van der Waals surface area contributed by atoms with E-state index in [0.717, 1.165) is 23.5 Å². The van der Waals surface area contributed by atoms with Gasteiger partial charge in [0.1, 0.15) is 0 Å². The van der Waals surface area contributed by atoms with Gasteiger partial charge in [0.25, 0.3) is 0 Å². The second-order valence-corrected chi connectivity index (χ2v) is 6.05. The van der Waals surface area contributed by atoms with E-state index in [-0.39, 0.29) is 18.7 Å². The van der Waals surface area contributed by atoms with Crippen LogP contribution in [0.15, 0.2) is 54.6 Å². The van der Waals surface area contributed by atoms with E-state index >= 15 is 0 Å². The van der Waals surface area contributed by atoms with Crippen molar-refractivity contribution in [2.24, 2.45) is 0 Å². The first kappa shape index (κ1) is 18.8. The maximum Gasteiger partial charge on any atom is 0.317 e. The van der Waals surface area contributed by atoms with Crippen molar-refractivity contribution in [3.05, 3.63) is 60.2 Å².